The van der Waals surface area contributed by atoms with Crippen molar-refractivity contribution in [2.24, 2.45) is 0 Å². The zero-order valence-electron chi connectivity index (χ0n) is 48.2. The smallest absolute Gasteiger partial charge is 0.220 e. The van der Waals surface area contributed by atoms with Gasteiger partial charge in [-0.2, -0.15) is 0 Å². The van der Waals surface area contributed by atoms with E-state index in [1.807, 2.05) is 6.08 Å². The molecular weight excluding hydrogens is 947 g/mol. The van der Waals surface area contributed by atoms with E-state index in [1.54, 1.807) is 6.08 Å². The predicted molar refractivity (Wildman–Crippen MR) is 322 cm³/mol. The molecule has 1 aliphatic heterocycles. The lowest BCUT2D eigenvalue weighted by molar-refractivity contribution is -0.302. The Kier molecular flexibility index (Phi) is 51.0. The van der Waals surface area contributed by atoms with Crippen LogP contribution in [-0.4, -0.2) is 87.5 Å². The molecular formula is C67H113NO8. The van der Waals surface area contributed by atoms with Crippen LogP contribution in [-0.2, 0) is 14.3 Å². The largest absolute Gasteiger partial charge is 0.394 e. The number of rotatable bonds is 51. The Hall–Kier alpha value is -3.41. The third-order valence-corrected chi connectivity index (χ3v) is 13.8. The zero-order valence-corrected chi connectivity index (χ0v) is 48.2. The van der Waals surface area contributed by atoms with Crippen LogP contribution >= 0.6 is 0 Å². The van der Waals surface area contributed by atoms with Crippen molar-refractivity contribution in [1.82, 2.24) is 5.32 Å². The highest BCUT2D eigenvalue weighted by Gasteiger charge is 2.44. The maximum absolute atomic E-state index is 13.1. The molecule has 0 spiro atoms. The molecule has 0 aliphatic carbocycles. The standard InChI is InChI=1S/C67H113NO8/c1-3-5-7-9-11-13-15-17-19-21-22-23-24-25-26-27-28-29-30-31-32-33-34-35-36-37-38-39-40-41-43-45-47-49-51-53-55-57-63(71)68-60(59-75-67-66(74)65(73)64(72)62(58-69)76-67)61(70)56-54-52-50-48-46-44-42-20-18-16-14-12-10-8-6-4-2/h5,7,11,13,17,19,22-23,25-26,28-29,31-32,34-35,46,48,54,56,60-62,64-67,69-70,72-74H,3-4,6,8-10,12,14-16,18,20-21,24,27,30,33,36-45,47,49-53,55,57-59H2,1-2H3,(H,68,71)/b7-5-,13-11-,19-17-,23-22-,26-25-,29-28-,32-31-,35-34-,48-46+,56-54+. The highest BCUT2D eigenvalue weighted by molar-refractivity contribution is 5.76. The van der Waals surface area contributed by atoms with Gasteiger partial charge in [-0.05, 0) is 96.3 Å². The van der Waals surface area contributed by atoms with Crippen LogP contribution < -0.4 is 5.32 Å². The van der Waals surface area contributed by atoms with Crippen molar-refractivity contribution in [1.29, 1.82) is 0 Å². The molecule has 7 atom stereocenters. The Morgan fingerprint density at radius 1 is 0.461 bits per heavy atom. The summed E-state index contributed by atoms with van der Waals surface area (Å²) in [7, 11) is 0. The first kappa shape index (κ1) is 70.6. The molecule has 0 aromatic carbocycles. The van der Waals surface area contributed by atoms with Gasteiger partial charge in [0, 0.05) is 6.42 Å². The van der Waals surface area contributed by atoms with E-state index in [2.05, 4.69) is 129 Å². The number of unbranched alkanes of at least 4 members (excludes halogenated alkanes) is 23. The van der Waals surface area contributed by atoms with Crippen molar-refractivity contribution in [3.8, 4) is 0 Å². The molecule has 0 aromatic heterocycles. The second-order valence-corrected chi connectivity index (χ2v) is 20.8. The summed E-state index contributed by atoms with van der Waals surface area (Å²) in [5, 5.41) is 54.5. The molecule has 1 heterocycles. The van der Waals surface area contributed by atoms with E-state index < -0.39 is 49.5 Å². The summed E-state index contributed by atoms with van der Waals surface area (Å²) in [6, 6.07) is -0.830. The topological polar surface area (TPSA) is 149 Å². The number of carbonyl (C=O) groups excluding carboxylic acids is 1. The van der Waals surface area contributed by atoms with Crippen LogP contribution in [0.4, 0.5) is 0 Å². The molecule has 9 heteroatoms. The number of allylic oxidation sites excluding steroid dienone is 19. The first-order chi connectivity index (χ1) is 37.3. The molecule has 434 valence electrons. The van der Waals surface area contributed by atoms with Gasteiger partial charge in [-0.3, -0.25) is 4.79 Å². The minimum atomic E-state index is -1.58. The van der Waals surface area contributed by atoms with Gasteiger partial charge in [0.2, 0.25) is 5.91 Å². The quantitative estimate of drug-likeness (QED) is 0.0261. The molecule has 6 N–H and O–H groups in total. The molecule has 0 radical (unpaired) electrons. The van der Waals surface area contributed by atoms with Crippen molar-refractivity contribution >= 4 is 5.91 Å². The molecule has 7 unspecified atom stereocenters. The highest BCUT2D eigenvalue weighted by atomic mass is 16.7. The maximum Gasteiger partial charge on any atom is 0.220 e. The van der Waals surface area contributed by atoms with Crippen LogP contribution in [0, 0.1) is 0 Å². The summed E-state index contributed by atoms with van der Waals surface area (Å²) in [5.41, 5.74) is 0. The highest BCUT2D eigenvalue weighted by Crippen LogP contribution is 2.23. The van der Waals surface area contributed by atoms with E-state index in [1.165, 1.54) is 128 Å². The third-order valence-electron chi connectivity index (χ3n) is 13.8. The number of hydrogen-bond acceptors (Lipinski definition) is 8. The van der Waals surface area contributed by atoms with Gasteiger partial charge in [-0.15, -0.1) is 0 Å². The molecule has 0 aromatic rings. The van der Waals surface area contributed by atoms with Gasteiger partial charge in [0.05, 0.1) is 25.4 Å². The number of aliphatic hydroxyl groups excluding tert-OH is 5. The number of hydrogen-bond donors (Lipinski definition) is 6. The fourth-order valence-electron chi connectivity index (χ4n) is 8.95. The van der Waals surface area contributed by atoms with E-state index in [4.69, 9.17) is 9.47 Å². The van der Waals surface area contributed by atoms with Crippen LogP contribution in [0.1, 0.15) is 239 Å². The molecule has 9 nitrogen and oxygen atoms in total. The predicted octanol–water partition coefficient (Wildman–Crippen LogP) is 15.9. The molecule has 0 bridgehead atoms. The Bertz CT molecular complexity index is 1610. The summed E-state index contributed by atoms with van der Waals surface area (Å²) in [6.07, 6.45) is 75.6. The number of nitrogens with one attached hydrogen (secondary N) is 1. The number of aliphatic hydroxyl groups is 5. The summed E-state index contributed by atoms with van der Waals surface area (Å²) < 4.78 is 11.3. The molecule has 1 saturated heterocycles. The number of amides is 1. The Balaban J connectivity index is 2.17. The van der Waals surface area contributed by atoms with Crippen LogP contribution in [0.15, 0.2) is 122 Å². The lowest BCUT2D eigenvalue weighted by Gasteiger charge is -2.40. The van der Waals surface area contributed by atoms with Crippen molar-refractivity contribution in [3.05, 3.63) is 122 Å². The first-order valence-electron chi connectivity index (χ1n) is 30.8. The Morgan fingerprint density at radius 3 is 1.26 bits per heavy atom. The van der Waals surface area contributed by atoms with Crippen LogP contribution in [0.25, 0.3) is 0 Å². The van der Waals surface area contributed by atoms with Crippen molar-refractivity contribution in [2.45, 2.75) is 281 Å². The van der Waals surface area contributed by atoms with Gasteiger partial charge >= 0.3 is 0 Å². The van der Waals surface area contributed by atoms with Gasteiger partial charge in [-0.25, -0.2) is 0 Å². The average Bonchev–Trinajstić information content (AvgIpc) is 3.42. The van der Waals surface area contributed by atoms with Gasteiger partial charge in [0.15, 0.2) is 6.29 Å². The van der Waals surface area contributed by atoms with Crippen molar-refractivity contribution < 1.29 is 39.8 Å². The van der Waals surface area contributed by atoms with Crippen LogP contribution in [0.2, 0.25) is 0 Å². The lowest BCUT2D eigenvalue weighted by atomic mass is 9.99. The number of ether oxygens (including phenoxy) is 2. The summed E-state index contributed by atoms with van der Waals surface area (Å²) >= 11 is 0. The minimum Gasteiger partial charge on any atom is -0.394 e. The Labute approximate surface area is 465 Å². The number of carbonyl (C=O) groups is 1. The monoisotopic (exact) mass is 1060 g/mol. The zero-order chi connectivity index (χ0) is 55.0. The van der Waals surface area contributed by atoms with Gasteiger partial charge < -0.3 is 40.3 Å². The third kappa shape index (κ3) is 43.6. The summed E-state index contributed by atoms with van der Waals surface area (Å²) in [6.45, 7) is 3.64. The fraction of sp³-hybridized carbons (Fsp3) is 0.687. The maximum atomic E-state index is 13.1. The lowest BCUT2D eigenvalue weighted by Crippen LogP contribution is -2.60. The van der Waals surface area contributed by atoms with Gasteiger partial charge in [0.25, 0.3) is 0 Å². The summed E-state index contributed by atoms with van der Waals surface area (Å²) in [5.74, 6) is -0.193. The first-order valence-corrected chi connectivity index (χ1v) is 30.8. The van der Waals surface area contributed by atoms with Crippen molar-refractivity contribution in [3.63, 3.8) is 0 Å². The van der Waals surface area contributed by atoms with Crippen molar-refractivity contribution in [2.75, 3.05) is 13.2 Å². The minimum absolute atomic E-state index is 0.193. The van der Waals surface area contributed by atoms with Gasteiger partial charge in [0.1, 0.15) is 24.4 Å². The molecule has 1 rings (SSSR count). The van der Waals surface area contributed by atoms with Crippen LogP contribution in [0.5, 0.6) is 0 Å². The second-order valence-electron chi connectivity index (χ2n) is 20.8. The SMILES string of the molecule is CC/C=C\C/C=C\C/C=C\C/C=C\C/C=C\C/C=C\C/C=C\C/C=C\CCCCCCCCCCCCCCC(=O)NC(COC1OC(CO)C(O)C(O)C1O)C(O)/C=C/CC/C=C/CCCCCCCCCCCC. The molecule has 1 amide bonds. The normalized spacial score (nSPS) is 19.7. The second kappa shape index (κ2) is 54.9. The van der Waals surface area contributed by atoms with E-state index in [0.29, 0.717) is 6.42 Å². The van der Waals surface area contributed by atoms with Gasteiger partial charge in [-0.1, -0.05) is 257 Å². The molecule has 1 aliphatic rings. The molecule has 0 saturated carbocycles. The summed E-state index contributed by atoms with van der Waals surface area (Å²) in [4.78, 5) is 13.1. The van der Waals surface area contributed by atoms with E-state index >= 15 is 0 Å². The van der Waals surface area contributed by atoms with Crippen LogP contribution in [0.3, 0.4) is 0 Å². The van der Waals surface area contributed by atoms with E-state index in [0.717, 1.165) is 89.9 Å². The molecule has 1 fully saturated rings. The molecule has 76 heavy (non-hydrogen) atoms. The van der Waals surface area contributed by atoms with E-state index in [9.17, 15) is 30.3 Å². The van der Waals surface area contributed by atoms with E-state index in [-0.39, 0.29) is 12.5 Å². The fourth-order valence-corrected chi connectivity index (χ4v) is 8.95. The Morgan fingerprint density at radius 2 is 0.829 bits per heavy atom. The average molecular weight is 1060 g/mol.